The Bertz CT molecular complexity index is 424. The first-order valence-corrected chi connectivity index (χ1v) is 4.90. The van der Waals surface area contributed by atoms with Gasteiger partial charge in [0.25, 0.3) is 0 Å². The lowest BCUT2D eigenvalue weighted by atomic mass is 10.2. The highest BCUT2D eigenvalue weighted by Gasteiger charge is 2.35. The van der Waals surface area contributed by atoms with Crippen LogP contribution in [0.4, 0.5) is 10.5 Å². The van der Waals surface area contributed by atoms with E-state index in [1.165, 1.54) is 4.90 Å². The number of rotatable bonds is 2. The average molecular weight is 217 g/mol. The van der Waals surface area contributed by atoms with Crippen LogP contribution in [0.25, 0.3) is 0 Å². The SMILES string of the molecule is C#CC(O)[C@H]1CN(c2ccccc2)C(=O)O1. The topological polar surface area (TPSA) is 49.8 Å². The second-order valence-corrected chi connectivity index (χ2v) is 3.48. The molecular weight excluding hydrogens is 206 g/mol. The van der Waals surface area contributed by atoms with Crippen molar-refractivity contribution in [2.24, 2.45) is 0 Å². The molecule has 0 radical (unpaired) electrons. The van der Waals surface area contributed by atoms with Crippen molar-refractivity contribution in [3.05, 3.63) is 30.3 Å². The van der Waals surface area contributed by atoms with Crippen molar-refractivity contribution < 1.29 is 14.6 Å². The van der Waals surface area contributed by atoms with E-state index in [2.05, 4.69) is 5.92 Å². The molecule has 1 aromatic rings. The smallest absolute Gasteiger partial charge is 0.414 e. The number of aliphatic hydroxyl groups is 1. The summed E-state index contributed by atoms with van der Waals surface area (Å²) >= 11 is 0. The number of hydrogen-bond donors (Lipinski definition) is 1. The molecule has 1 aliphatic rings. The molecule has 1 aromatic carbocycles. The van der Waals surface area contributed by atoms with Gasteiger partial charge in [0.15, 0.2) is 12.2 Å². The van der Waals surface area contributed by atoms with Crippen LogP contribution in [0.2, 0.25) is 0 Å². The molecule has 1 saturated heterocycles. The van der Waals surface area contributed by atoms with Crippen LogP contribution in [0.15, 0.2) is 30.3 Å². The van der Waals surface area contributed by atoms with E-state index in [9.17, 15) is 9.90 Å². The number of hydrogen-bond acceptors (Lipinski definition) is 3. The van der Waals surface area contributed by atoms with Gasteiger partial charge in [0, 0.05) is 5.69 Å². The summed E-state index contributed by atoms with van der Waals surface area (Å²) in [4.78, 5) is 13.0. The minimum atomic E-state index is -1.06. The number of amides is 1. The van der Waals surface area contributed by atoms with Crippen LogP contribution in [0.1, 0.15) is 0 Å². The molecule has 4 nitrogen and oxygen atoms in total. The van der Waals surface area contributed by atoms with Gasteiger partial charge in [-0.05, 0) is 12.1 Å². The molecule has 0 bridgehead atoms. The first kappa shape index (κ1) is 10.5. The van der Waals surface area contributed by atoms with E-state index in [-0.39, 0.29) is 6.54 Å². The molecule has 0 saturated carbocycles. The van der Waals surface area contributed by atoms with Crippen molar-refractivity contribution in [1.29, 1.82) is 0 Å². The van der Waals surface area contributed by atoms with Crippen molar-refractivity contribution in [1.82, 2.24) is 0 Å². The minimum Gasteiger partial charge on any atom is -0.440 e. The summed E-state index contributed by atoms with van der Waals surface area (Å²) in [5.74, 6) is 2.15. The molecule has 2 atom stereocenters. The number of aliphatic hydroxyl groups excluding tert-OH is 1. The molecule has 82 valence electrons. The van der Waals surface area contributed by atoms with Gasteiger partial charge in [0.1, 0.15) is 0 Å². The van der Waals surface area contributed by atoms with Crippen LogP contribution in [0.5, 0.6) is 0 Å². The lowest BCUT2D eigenvalue weighted by molar-refractivity contribution is 0.0641. The van der Waals surface area contributed by atoms with Gasteiger partial charge in [-0.15, -0.1) is 6.42 Å². The highest BCUT2D eigenvalue weighted by atomic mass is 16.6. The summed E-state index contributed by atoms with van der Waals surface area (Å²) in [5.41, 5.74) is 0.735. The van der Waals surface area contributed by atoms with E-state index >= 15 is 0 Å². The number of terminal acetylenes is 1. The second-order valence-electron chi connectivity index (χ2n) is 3.48. The van der Waals surface area contributed by atoms with Crippen LogP contribution in [-0.2, 0) is 4.74 Å². The highest BCUT2D eigenvalue weighted by Crippen LogP contribution is 2.22. The van der Waals surface area contributed by atoms with Gasteiger partial charge < -0.3 is 9.84 Å². The number of para-hydroxylation sites is 1. The van der Waals surface area contributed by atoms with Crippen molar-refractivity contribution in [2.45, 2.75) is 12.2 Å². The molecular formula is C12H11NO3. The Morgan fingerprint density at radius 2 is 2.19 bits per heavy atom. The van der Waals surface area contributed by atoms with E-state index in [0.717, 1.165) is 5.69 Å². The fourth-order valence-electron chi connectivity index (χ4n) is 1.58. The van der Waals surface area contributed by atoms with Crippen molar-refractivity contribution in [3.8, 4) is 12.3 Å². The maximum Gasteiger partial charge on any atom is 0.414 e. The summed E-state index contributed by atoms with van der Waals surface area (Å²) in [5, 5.41) is 9.40. The molecule has 16 heavy (non-hydrogen) atoms. The van der Waals surface area contributed by atoms with Crippen LogP contribution >= 0.6 is 0 Å². The van der Waals surface area contributed by atoms with E-state index in [0.29, 0.717) is 0 Å². The zero-order valence-electron chi connectivity index (χ0n) is 8.54. The van der Waals surface area contributed by atoms with Crippen LogP contribution in [-0.4, -0.2) is 30.0 Å². The van der Waals surface area contributed by atoms with Crippen molar-refractivity contribution >= 4 is 11.8 Å². The number of carbonyl (C=O) groups excluding carboxylic acids is 1. The zero-order valence-corrected chi connectivity index (χ0v) is 8.54. The maximum atomic E-state index is 11.5. The fourth-order valence-corrected chi connectivity index (χ4v) is 1.58. The lowest BCUT2D eigenvalue weighted by Crippen LogP contribution is -2.29. The Labute approximate surface area is 93.4 Å². The monoisotopic (exact) mass is 217 g/mol. The Hall–Kier alpha value is -1.99. The van der Waals surface area contributed by atoms with E-state index < -0.39 is 18.3 Å². The first-order chi connectivity index (χ1) is 7.72. The third kappa shape index (κ3) is 1.86. The highest BCUT2D eigenvalue weighted by molar-refractivity contribution is 5.89. The minimum absolute atomic E-state index is 0.272. The van der Waals surface area contributed by atoms with Gasteiger partial charge in [-0.2, -0.15) is 0 Å². The predicted octanol–water partition coefficient (Wildman–Crippen LogP) is 1.01. The summed E-state index contributed by atoms with van der Waals surface area (Å²) < 4.78 is 4.98. The Kier molecular flexibility index (Phi) is 2.80. The van der Waals surface area contributed by atoms with Crippen LogP contribution in [0, 0.1) is 12.3 Å². The standard InChI is InChI=1S/C12H11NO3/c1-2-10(14)11-8-13(12(15)16-11)9-6-4-3-5-7-9/h1,3-7,10-11,14H,8H2/t10?,11-/m1/s1. The number of cyclic esters (lactones) is 1. The van der Waals surface area contributed by atoms with Gasteiger partial charge in [0.2, 0.25) is 0 Å². The Balaban J connectivity index is 2.15. The first-order valence-electron chi connectivity index (χ1n) is 4.90. The maximum absolute atomic E-state index is 11.5. The molecule has 0 aromatic heterocycles. The summed E-state index contributed by atoms with van der Waals surface area (Å²) in [6.45, 7) is 0.272. The number of anilines is 1. The largest absolute Gasteiger partial charge is 0.440 e. The fraction of sp³-hybridized carbons (Fsp3) is 0.250. The molecule has 1 heterocycles. The number of ether oxygens (including phenoxy) is 1. The summed E-state index contributed by atoms with van der Waals surface area (Å²) in [6, 6.07) is 9.11. The third-order valence-corrected chi connectivity index (χ3v) is 2.43. The number of nitrogens with zero attached hydrogens (tertiary/aromatic N) is 1. The molecule has 1 aliphatic heterocycles. The van der Waals surface area contributed by atoms with E-state index in [4.69, 9.17) is 11.2 Å². The normalized spacial score (nSPS) is 21.4. The molecule has 1 N–H and O–H groups in total. The van der Waals surface area contributed by atoms with Crippen LogP contribution in [0.3, 0.4) is 0 Å². The molecule has 0 aliphatic carbocycles. The van der Waals surface area contributed by atoms with Gasteiger partial charge in [-0.25, -0.2) is 4.79 Å². The number of carbonyl (C=O) groups is 1. The lowest BCUT2D eigenvalue weighted by Gasteiger charge is -2.12. The molecule has 1 unspecified atom stereocenters. The Morgan fingerprint density at radius 3 is 2.81 bits per heavy atom. The van der Waals surface area contributed by atoms with Gasteiger partial charge in [-0.1, -0.05) is 24.1 Å². The van der Waals surface area contributed by atoms with Crippen molar-refractivity contribution in [3.63, 3.8) is 0 Å². The van der Waals surface area contributed by atoms with Gasteiger partial charge >= 0.3 is 6.09 Å². The molecule has 4 heteroatoms. The van der Waals surface area contributed by atoms with Gasteiger partial charge in [0.05, 0.1) is 6.54 Å². The molecule has 2 rings (SSSR count). The average Bonchev–Trinajstić information content (AvgIpc) is 2.71. The van der Waals surface area contributed by atoms with E-state index in [1.807, 2.05) is 18.2 Å². The second kappa shape index (κ2) is 4.25. The van der Waals surface area contributed by atoms with Crippen LogP contribution < -0.4 is 4.90 Å². The molecule has 0 spiro atoms. The molecule has 1 amide bonds. The predicted molar refractivity (Wildman–Crippen MR) is 58.9 cm³/mol. The van der Waals surface area contributed by atoms with Crippen molar-refractivity contribution in [2.75, 3.05) is 11.4 Å². The quantitative estimate of drug-likeness (QED) is 0.752. The Morgan fingerprint density at radius 1 is 1.50 bits per heavy atom. The van der Waals surface area contributed by atoms with E-state index in [1.54, 1.807) is 12.1 Å². The third-order valence-electron chi connectivity index (χ3n) is 2.43. The molecule has 1 fully saturated rings. The number of benzene rings is 1. The summed E-state index contributed by atoms with van der Waals surface area (Å²) in [6.07, 6.45) is 2.88. The summed E-state index contributed by atoms with van der Waals surface area (Å²) in [7, 11) is 0. The van der Waals surface area contributed by atoms with Gasteiger partial charge in [-0.3, -0.25) is 4.90 Å². The zero-order chi connectivity index (χ0) is 11.5.